The van der Waals surface area contributed by atoms with Crippen molar-refractivity contribution in [2.75, 3.05) is 12.3 Å². The first-order valence-corrected chi connectivity index (χ1v) is 9.53. The van der Waals surface area contributed by atoms with E-state index in [-0.39, 0.29) is 4.90 Å². The number of hydrogen-bond donors (Lipinski definition) is 1. The number of nitrogens with one attached hydrogen (secondary N) is 1. The van der Waals surface area contributed by atoms with E-state index in [4.69, 9.17) is 0 Å². The molecule has 0 saturated carbocycles. The second-order valence-corrected chi connectivity index (χ2v) is 8.47. The van der Waals surface area contributed by atoms with Gasteiger partial charge in [-0.2, -0.15) is 16.9 Å². The quantitative estimate of drug-likeness (QED) is 0.791. The standard InChI is InChI=1S/C12H17N3O2S3/c1-10(12-4-3-6-19-12)18-7-5-14-20(16,17)11-8-13-15(2)9-11/h3-4,6,8-10,14H,5,7H2,1-2H3. The lowest BCUT2D eigenvalue weighted by atomic mass is 10.4. The Labute approximate surface area is 127 Å². The number of aromatic nitrogens is 2. The number of aryl methyl sites for hydroxylation is 1. The maximum atomic E-state index is 11.9. The largest absolute Gasteiger partial charge is 0.274 e. The van der Waals surface area contributed by atoms with Crippen molar-refractivity contribution >= 4 is 33.1 Å². The van der Waals surface area contributed by atoms with Crippen LogP contribution in [0.1, 0.15) is 17.1 Å². The van der Waals surface area contributed by atoms with E-state index in [2.05, 4.69) is 28.2 Å². The zero-order valence-corrected chi connectivity index (χ0v) is 13.8. The first kappa shape index (κ1) is 15.6. The zero-order chi connectivity index (χ0) is 14.6. The van der Waals surface area contributed by atoms with Gasteiger partial charge in [0.1, 0.15) is 4.90 Å². The summed E-state index contributed by atoms with van der Waals surface area (Å²) in [6, 6.07) is 4.13. The zero-order valence-electron chi connectivity index (χ0n) is 11.3. The molecule has 2 heterocycles. The number of thioether (sulfide) groups is 1. The molecule has 0 aliphatic carbocycles. The summed E-state index contributed by atoms with van der Waals surface area (Å²) < 4.78 is 28.0. The van der Waals surface area contributed by atoms with Crippen LogP contribution in [0.15, 0.2) is 34.8 Å². The number of nitrogens with zero attached hydrogens (tertiary/aromatic N) is 2. The highest BCUT2D eigenvalue weighted by molar-refractivity contribution is 7.99. The summed E-state index contributed by atoms with van der Waals surface area (Å²) in [7, 11) is -1.74. The lowest BCUT2D eigenvalue weighted by Gasteiger charge is -2.09. The molecule has 1 N–H and O–H groups in total. The van der Waals surface area contributed by atoms with Gasteiger partial charge in [0.15, 0.2) is 0 Å². The van der Waals surface area contributed by atoms with Gasteiger partial charge in [0.25, 0.3) is 0 Å². The van der Waals surface area contributed by atoms with Crippen LogP contribution in [0.3, 0.4) is 0 Å². The number of sulfonamides is 1. The van der Waals surface area contributed by atoms with Crippen LogP contribution in [0, 0.1) is 0 Å². The van der Waals surface area contributed by atoms with E-state index in [0.717, 1.165) is 5.75 Å². The highest BCUT2D eigenvalue weighted by Crippen LogP contribution is 2.30. The molecule has 8 heteroatoms. The molecule has 2 aromatic heterocycles. The Balaban J connectivity index is 1.78. The second kappa shape index (κ2) is 6.75. The van der Waals surface area contributed by atoms with Gasteiger partial charge >= 0.3 is 0 Å². The van der Waals surface area contributed by atoms with Crippen LogP contribution in [0.4, 0.5) is 0 Å². The normalized spacial score (nSPS) is 13.5. The topological polar surface area (TPSA) is 64.0 Å². The minimum atomic E-state index is -3.44. The first-order valence-electron chi connectivity index (χ1n) is 6.12. The molecule has 1 unspecified atom stereocenters. The van der Waals surface area contributed by atoms with Crippen LogP contribution in [-0.4, -0.2) is 30.5 Å². The van der Waals surface area contributed by atoms with E-state index in [1.165, 1.54) is 22.0 Å². The fourth-order valence-corrected chi connectivity index (χ4v) is 4.63. The molecule has 20 heavy (non-hydrogen) atoms. The molecule has 0 fully saturated rings. The summed E-state index contributed by atoms with van der Waals surface area (Å²) in [4.78, 5) is 1.52. The van der Waals surface area contributed by atoms with Gasteiger partial charge in [-0.25, -0.2) is 13.1 Å². The van der Waals surface area contributed by atoms with E-state index in [9.17, 15) is 8.42 Å². The van der Waals surface area contributed by atoms with E-state index in [1.807, 2.05) is 6.07 Å². The van der Waals surface area contributed by atoms with E-state index in [1.54, 1.807) is 30.1 Å². The first-order chi connectivity index (χ1) is 9.49. The van der Waals surface area contributed by atoms with Crippen molar-refractivity contribution in [1.82, 2.24) is 14.5 Å². The lowest BCUT2D eigenvalue weighted by Crippen LogP contribution is -2.25. The average Bonchev–Trinajstić information content (AvgIpc) is 3.05. The smallest absolute Gasteiger partial charge is 0.243 e. The minimum Gasteiger partial charge on any atom is -0.274 e. The molecule has 0 aliphatic rings. The Morgan fingerprint density at radius 2 is 2.35 bits per heavy atom. The molecule has 0 spiro atoms. The molecule has 0 saturated heterocycles. The van der Waals surface area contributed by atoms with Gasteiger partial charge in [-0.05, 0) is 18.4 Å². The fourth-order valence-electron chi connectivity index (χ4n) is 1.64. The van der Waals surface area contributed by atoms with Crippen molar-refractivity contribution in [2.45, 2.75) is 17.1 Å². The minimum absolute atomic E-state index is 0.205. The van der Waals surface area contributed by atoms with Gasteiger partial charge in [-0.1, -0.05) is 6.07 Å². The number of thiophene rings is 1. The van der Waals surface area contributed by atoms with Gasteiger partial charge in [-0.15, -0.1) is 11.3 Å². The monoisotopic (exact) mass is 331 g/mol. The summed E-state index contributed by atoms with van der Waals surface area (Å²) in [6.07, 6.45) is 2.84. The highest BCUT2D eigenvalue weighted by atomic mass is 32.2. The van der Waals surface area contributed by atoms with Crippen molar-refractivity contribution in [3.05, 3.63) is 34.8 Å². The van der Waals surface area contributed by atoms with Crippen molar-refractivity contribution in [3.63, 3.8) is 0 Å². The Morgan fingerprint density at radius 3 is 2.95 bits per heavy atom. The maximum absolute atomic E-state index is 11.9. The van der Waals surface area contributed by atoms with Gasteiger partial charge in [-0.3, -0.25) is 4.68 Å². The van der Waals surface area contributed by atoms with Gasteiger partial charge in [0.05, 0.1) is 6.20 Å². The summed E-state index contributed by atoms with van der Waals surface area (Å²) in [6.45, 7) is 2.55. The number of hydrogen-bond acceptors (Lipinski definition) is 5. The van der Waals surface area contributed by atoms with Crippen molar-refractivity contribution < 1.29 is 8.42 Å². The maximum Gasteiger partial charge on any atom is 0.243 e. The molecule has 0 aliphatic heterocycles. The van der Waals surface area contributed by atoms with E-state index in [0.29, 0.717) is 11.8 Å². The molecule has 2 aromatic rings. The Kier molecular flexibility index (Phi) is 5.25. The van der Waals surface area contributed by atoms with Crippen molar-refractivity contribution in [1.29, 1.82) is 0 Å². The molecule has 0 aromatic carbocycles. The summed E-state index contributed by atoms with van der Waals surface area (Å²) in [5.74, 6) is 0.735. The van der Waals surface area contributed by atoms with Gasteiger partial charge in [0.2, 0.25) is 10.0 Å². The average molecular weight is 331 g/mol. The third-order valence-corrected chi connectivity index (χ3v) is 6.51. The van der Waals surface area contributed by atoms with Gasteiger partial charge < -0.3 is 0 Å². The third kappa shape index (κ3) is 4.08. The molecular formula is C12H17N3O2S3. The van der Waals surface area contributed by atoms with Crippen molar-refractivity contribution in [3.8, 4) is 0 Å². The molecule has 2 rings (SSSR count). The molecule has 0 radical (unpaired) electrons. The lowest BCUT2D eigenvalue weighted by molar-refractivity contribution is 0.584. The molecule has 5 nitrogen and oxygen atoms in total. The predicted octanol–water partition coefficient (Wildman–Crippen LogP) is 2.25. The van der Waals surface area contributed by atoms with E-state index < -0.39 is 10.0 Å². The summed E-state index contributed by atoms with van der Waals surface area (Å²) in [5, 5.41) is 6.31. The van der Waals surface area contributed by atoms with Crippen LogP contribution in [0.25, 0.3) is 0 Å². The third-order valence-electron chi connectivity index (χ3n) is 2.70. The Bertz CT molecular complexity index is 635. The van der Waals surface area contributed by atoms with Crippen molar-refractivity contribution in [2.24, 2.45) is 7.05 Å². The predicted molar refractivity (Wildman–Crippen MR) is 83.6 cm³/mol. The van der Waals surface area contributed by atoms with Crippen LogP contribution in [0.5, 0.6) is 0 Å². The fraction of sp³-hybridized carbons (Fsp3) is 0.417. The summed E-state index contributed by atoms with van der Waals surface area (Å²) in [5.41, 5.74) is 0. The SMILES string of the molecule is CC(SCCNS(=O)(=O)c1cnn(C)c1)c1cccs1. The molecule has 0 amide bonds. The van der Waals surface area contributed by atoms with Crippen LogP contribution in [-0.2, 0) is 17.1 Å². The van der Waals surface area contributed by atoms with E-state index >= 15 is 0 Å². The highest BCUT2D eigenvalue weighted by Gasteiger charge is 2.15. The van der Waals surface area contributed by atoms with Crippen LogP contribution in [0.2, 0.25) is 0 Å². The Morgan fingerprint density at radius 1 is 1.55 bits per heavy atom. The Hall–Kier alpha value is -0.830. The molecule has 0 bridgehead atoms. The van der Waals surface area contributed by atoms with Crippen LogP contribution < -0.4 is 4.72 Å². The second-order valence-electron chi connectivity index (χ2n) is 4.28. The number of rotatable bonds is 7. The summed E-state index contributed by atoms with van der Waals surface area (Å²) >= 11 is 3.46. The molecule has 1 atom stereocenters. The van der Waals surface area contributed by atoms with Gasteiger partial charge in [0, 0.05) is 35.7 Å². The van der Waals surface area contributed by atoms with Crippen LogP contribution >= 0.6 is 23.1 Å². The molecular weight excluding hydrogens is 314 g/mol. The molecule has 110 valence electrons.